The van der Waals surface area contributed by atoms with Crippen molar-refractivity contribution in [3.63, 3.8) is 0 Å². The van der Waals surface area contributed by atoms with Crippen molar-refractivity contribution in [3.8, 4) is 0 Å². The van der Waals surface area contributed by atoms with Gasteiger partial charge in [-0.15, -0.1) is 0 Å². The van der Waals surface area contributed by atoms with Crippen molar-refractivity contribution < 1.29 is 9.59 Å². The van der Waals surface area contributed by atoms with Crippen LogP contribution >= 0.6 is 0 Å². The fourth-order valence-electron chi connectivity index (χ4n) is 1.40. The summed E-state index contributed by atoms with van der Waals surface area (Å²) in [6.45, 7) is 2.93. The first kappa shape index (κ1) is 8.24. The summed E-state index contributed by atoms with van der Waals surface area (Å²) in [6.07, 6.45) is 2.78. The molecule has 1 amide bonds. The highest BCUT2D eigenvalue weighted by Gasteiger charge is 2.23. The Labute approximate surface area is 66.4 Å². The van der Waals surface area contributed by atoms with Gasteiger partial charge in [-0.25, -0.2) is 0 Å². The van der Waals surface area contributed by atoms with Gasteiger partial charge in [0.2, 0.25) is 5.91 Å². The van der Waals surface area contributed by atoms with Crippen LogP contribution in [0.15, 0.2) is 0 Å². The zero-order chi connectivity index (χ0) is 8.27. The highest BCUT2D eigenvalue weighted by Crippen LogP contribution is 2.15. The first-order chi connectivity index (χ1) is 5.25. The molecule has 1 atom stereocenters. The molecular weight excluding hydrogens is 142 g/mol. The van der Waals surface area contributed by atoms with Crippen LogP contribution in [0.4, 0.5) is 0 Å². The van der Waals surface area contributed by atoms with Gasteiger partial charge in [0.25, 0.3) is 0 Å². The van der Waals surface area contributed by atoms with Gasteiger partial charge in [-0.2, -0.15) is 0 Å². The SMILES string of the molecule is CC1CCCN(CC=O)C1=O. The number of hydrogen-bond acceptors (Lipinski definition) is 2. The van der Waals surface area contributed by atoms with E-state index < -0.39 is 0 Å². The van der Waals surface area contributed by atoms with E-state index in [1.54, 1.807) is 4.90 Å². The summed E-state index contributed by atoms with van der Waals surface area (Å²) in [5.74, 6) is 0.243. The van der Waals surface area contributed by atoms with E-state index in [2.05, 4.69) is 0 Å². The Kier molecular flexibility index (Phi) is 2.63. The average Bonchev–Trinajstić information content (AvgIpc) is 1.99. The fourth-order valence-corrected chi connectivity index (χ4v) is 1.40. The fraction of sp³-hybridized carbons (Fsp3) is 0.750. The lowest BCUT2D eigenvalue weighted by atomic mass is 9.99. The summed E-state index contributed by atoms with van der Waals surface area (Å²) in [5.41, 5.74) is 0. The smallest absolute Gasteiger partial charge is 0.225 e. The molecule has 62 valence electrons. The maximum Gasteiger partial charge on any atom is 0.225 e. The van der Waals surface area contributed by atoms with Crippen LogP contribution in [0.2, 0.25) is 0 Å². The van der Waals surface area contributed by atoms with Crippen LogP contribution in [0.1, 0.15) is 19.8 Å². The van der Waals surface area contributed by atoms with Crippen LogP contribution in [0, 0.1) is 5.92 Å². The summed E-state index contributed by atoms with van der Waals surface area (Å²) < 4.78 is 0. The number of amides is 1. The third-order valence-electron chi connectivity index (χ3n) is 2.09. The zero-order valence-electron chi connectivity index (χ0n) is 6.75. The van der Waals surface area contributed by atoms with E-state index in [1.807, 2.05) is 6.92 Å². The summed E-state index contributed by atoms with van der Waals surface area (Å²) >= 11 is 0. The predicted molar refractivity (Wildman–Crippen MR) is 41.0 cm³/mol. The topological polar surface area (TPSA) is 37.4 Å². The average molecular weight is 155 g/mol. The molecule has 0 radical (unpaired) electrons. The lowest BCUT2D eigenvalue weighted by Crippen LogP contribution is -2.41. The van der Waals surface area contributed by atoms with Crippen LogP contribution in [-0.2, 0) is 9.59 Å². The summed E-state index contributed by atoms with van der Waals surface area (Å²) in [6, 6.07) is 0. The molecule has 1 aliphatic heterocycles. The number of likely N-dealkylation sites (tertiary alicyclic amines) is 1. The van der Waals surface area contributed by atoms with Crippen molar-refractivity contribution in [3.05, 3.63) is 0 Å². The van der Waals surface area contributed by atoms with E-state index in [0.29, 0.717) is 0 Å². The second-order valence-corrected chi connectivity index (χ2v) is 2.99. The van der Waals surface area contributed by atoms with E-state index in [9.17, 15) is 9.59 Å². The Bertz CT molecular complexity index is 167. The van der Waals surface area contributed by atoms with Gasteiger partial charge in [0, 0.05) is 12.5 Å². The van der Waals surface area contributed by atoms with Crippen LogP contribution in [-0.4, -0.2) is 30.2 Å². The zero-order valence-corrected chi connectivity index (χ0v) is 6.75. The number of carbonyl (C=O) groups excluding carboxylic acids is 2. The maximum atomic E-state index is 11.3. The molecule has 3 heteroatoms. The first-order valence-electron chi connectivity index (χ1n) is 3.98. The standard InChI is InChI=1S/C8H13NO2/c1-7-3-2-4-9(5-6-10)8(7)11/h6-7H,2-5H2,1H3. The normalized spacial score (nSPS) is 25.4. The van der Waals surface area contributed by atoms with Crippen molar-refractivity contribution in [2.24, 2.45) is 5.92 Å². The monoisotopic (exact) mass is 155 g/mol. The molecule has 1 fully saturated rings. The third-order valence-corrected chi connectivity index (χ3v) is 2.09. The van der Waals surface area contributed by atoms with E-state index in [-0.39, 0.29) is 18.4 Å². The second kappa shape index (κ2) is 3.51. The molecule has 0 aromatic carbocycles. The highest BCUT2D eigenvalue weighted by molar-refractivity contribution is 5.81. The molecule has 1 unspecified atom stereocenters. The quantitative estimate of drug-likeness (QED) is 0.543. The van der Waals surface area contributed by atoms with Crippen molar-refractivity contribution in [2.45, 2.75) is 19.8 Å². The lowest BCUT2D eigenvalue weighted by molar-refractivity contribution is -0.139. The van der Waals surface area contributed by atoms with Crippen molar-refractivity contribution in [1.82, 2.24) is 4.90 Å². The number of aldehydes is 1. The van der Waals surface area contributed by atoms with Crippen molar-refractivity contribution >= 4 is 12.2 Å². The maximum absolute atomic E-state index is 11.3. The minimum Gasteiger partial charge on any atom is -0.335 e. The highest BCUT2D eigenvalue weighted by atomic mass is 16.2. The second-order valence-electron chi connectivity index (χ2n) is 2.99. The van der Waals surface area contributed by atoms with Gasteiger partial charge in [0.05, 0.1) is 6.54 Å². The number of rotatable bonds is 2. The van der Waals surface area contributed by atoms with Gasteiger partial charge in [0.15, 0.2) is 0 Å². The van der Waals surface area contributed by atoms with Crippen LogP contribution in [0.25, 0.3) is 0 Å². The largest absolute Gasteiger partial charge is 0.335 e. The summed E-state index contributed by atoms with van der Waals surface area (Å²) in [4.78, 5) is 23.0. The van der Waals surface area contributed by atoms with Gasteiger partial charge in [-0.3, -0.25) is 4.79 Å². The van der Waals surface area contributed by atoms with Gasteiger partial charge in [-0.1, -0.05) is 6.92 Å². The molecular formula is C8H13NO2. The number of carbonyl (C=O) groups is 2. The molecule has 1 rings (SSSR count). The summed E-state index contributed by atoms with van der Waals surface area (Å²) in [5, 5.41) is 0. The number of hydrogen-bond donors (Lipinski definition) is 0. The van der Waals surface area contributed by atoms with Gasteiger partial charge < -0.3 is 9.69 Å². The van der Waals surface area contributed by atoms with Crippen LogP contribution < -0.4 is 0 Å². The van der Waals surface area contributed by atoms with E-state index >= 15 is 0 Å². The van der Waals surface area contributed by atoms with E-state index in [4.69, 9.17) is 0 Å². The van der Waals surface area contributed by atoms with E-state index in [1.165, 1.54) is 0 Å². The van der Waals surface area contributed by atoms with Gasteiger partial charge >= 0.3 is 0 Å². The molecule has 11 heavy (non-hydrogen) atoms. The molecule has 0 spiro atoms. The van der Waals surface area contributed by atoms with Crippen molar-refractivity contribution in [2.75, 3.05) is 13.1 Å². The minimum absolute atomic E-state index is 0.115. The lowest BCUT2D eigenvalue weighted by Gasteiger charge is -2.28. The molecule has 0 saturated carbocycles. The molecule has 1 aliphatic rings. The van der Waals surface area contributed by atoms with Crippen LogP contribution in [0.3, 0.4) is 0 Å². The Morgan fingerprint density at radius 1 is 1.73 bits per heavy atom. The molecule has 0 aromatic heterocycles. The third kappa shape index (κ3) is 1.79. The van der Waals surface area contributed by atoms with Gasteiger partial charge in [-0.05, 0) is 12.8 Å². The first-order valence-corrected chi connectivity index (χ1v) is 3.98. The minimum atomic E-state index is 0.115. The van der Waals surface area contributed by atoms with Crippen LogP contribution in [0.5, 0.6) is 0 Å². The molecule has 0 bridgehead atoms. The molecule has 0 aliphatic carbocycles. The molecule has 1 heterocycles. The molecule has 0 N–H and O–H groups in total. The number of piperidine rings is 1. The number of nitrogens with zero attached hydrogens (tertiary/aromatic N) is 1. The van der Waals surface area contributed by atoms with Crippen molar-refractivity contribution in [1.29, 1.82) is 0 Å². The molecule has 1 saturated heterocycles. The van der Waals surface area contributed by atoms with E-state index in [0.717, 1.165) is 25.7 Å². The molecule has 3 nitrogen and oxygen atoms in total. The Morgan fingerprint density at radius 3 is 3.09 bits per heavy atom. The predicted octanol–water partition coefficient (Wildman–Crippen LogP) is 0.444. The van der Waals surface area contributed by atoms with Gasteiger partial charge in [0.1, 0.15) is 6.29 Å². The molecule has 0 aromatic rings. The Balaban J connectivity index is 2.51. The summed E-state index contributed by atoms with van der Waals surface area (Å²) in [7, 11) is 0. The Hall–Kier alpha value is -0.860. The Morgan fingerprint density at radius 2 is 2.45 bits per heavy atom.